The van der Waals surface area contributed by atoms with Gasteiger partial charge in [0.05, 0.1) is 0 Å². The molecule has 20 heavy (non-hydrogen) atoms. The topological polar surface area (TPSA) is 28.2 Å². The first kappa shape index (κ1) is 15.3. The van der Waals surface area contributed by atoms with Gasteiger partial charge in [-0.3, -0.25) is 4.90 Å². The Morgan fingerprint density at radius 3 is 2.70 bits per heavy atom. The van der Waals surface area contributed by atoms with Crippen molar-refractivity contribution >= 4 is 5.82 Å². The molecule has 1 N–H and O–H groups in total. The van der Waals surface area contributed by atoms with Gasteiger partial charge in [-0.25, -0.2) is 4.98 Å². The lowest BCUT2D eigenvalue weighted by atomic mass is 10.1. The van der Waals surface area contributed by atoms with E-state index in [2.05, 4.69) is 35.2 Å². The van der Waals surface area contributed by atoms with Crippen LogP contribution in [0.2, 0.25) is 0 Å². The van der Waals surface area contributed by atoms with E-state index in [9.17, 15) is 0 Å². The average Bonchev–Trinajstić information content (AvgIpc) is 2.75. The van der Waals surface area contributed by atoms with Crippen molar-refractivity contribution in [3.05, 3.63) is 23.9 Å². The molecule has 2 rings (SSSR count). The maximum atomic E-state index is 4.50. The van der Waals surface area contributed by atoms with Gasteiger partial charge in [-0.2, -0.15) is 0 Å². The summed E-state index contributed by atoms with van der Waals surface area (Å²) in [6, 6.07) is 5.00. The van der Waals surface area contributed by atoms with Gasteiger partial charge in [-0.05, 0) is 32.4 Å². The van der Waals surface area contributed by atoms with E-state index in [0.29, 0.717) is 0 Å². The highest BCUT2D eigenvalue weighted by Crippen LogP contribution is 2.23. The lowest BCUT2D eigenvalue weighted by Crippen LogP contribution is -2.31. The standard InChI is InChI=1S/C17H29N3/c1-3-12-18-17-15(9-8-13-19-17)14-20(2)16-10-6-4-5-7-11-16/h8-9,13,16H,3-7,10-12,14H2,1-2H3,(H,18,19). The molecule has 0 saturated heterocycles. The maximum Gasteiger partial charge on any atom is 0.130 e. The molecule has 0 spiro atoms. The minimum Gasteiger partial charge on any atom is -0.370 e. The third-order valence-electron chi connectivity index (χ3n) is 4.30. The van der Waals surface area contributed by atoms with Crippen LogP contribution in [0, 0.1) is 0 Å². The molecule has 1 aliphatic carbocycles. The smallest absolute Gasteiger partial charge is 0.130 e. The van der Waals surface area contributed by atoms with Gasteiger partial charge in [0.15, 0.2) is 0 Å². The summed E-state index contributed by atoms with van der Waals surface area (Å²) >= 11 is 0. The van der Waals surface area contributed by atoms with E-state index in [1.165, 1.54) is 44.1 Å². The zero-order chi connectivity index (χ0) is 14.2. The Balaban J connectivity index is 1.97. The van der Waals surface area contributed by atoms with Gasteiger partial charge in [0.2, 0.25) is 0 Å². The molecule has 1 saturated carbocycles. The summed E-state index contributed by atoms with van der Waals surface area (Å²) in [4.78, 5) is 7.02. The number of nitrogens with zero attached hydrogens (tertiary/aromatic N) is 2. The second kappa shape index (κ2) is 8.25. The molecule has 1 aromatic rings. The number of pyridine rings is 1. The van der Waals surface area contributed by atoms with Crippen molar-refractivity contribution in [1.82, 2.24) is 9.88 Å². The summed E-state index contributed by atoms with van der Waals surface area (Å²) in [5.41, 5.74) is 1.33. The first-order valence-corrected chi connectivity index (χ1v) is 8.19. The first-order chi connectivity index (χ1) is 9.81. The van der Waals surface area contributed by atoms with Crippen LogP contribution >= 0.6 is 0 Å². The van der Waals surface area contributed by atoms with Crippen LogP contribution in [0.15, 0.2) is 18.3 Å². The number of hydrogen-bond acceptors (Lipinski definition) is 3. The second-order valence-electron chi connectivity index (χ2n) is 6.00. The number of nitrogens with one attached hydrogen (secondary N) is 1. The predicted octanol–water partition coefficient (Wildman–Crippen LogP) is 4.06. The summed E-state index contributed by atoms with van der Waals surface area (Å²) in [6.07, 6.45) is 11.3. The van der Waals surface area contributed by atoms with Gasteiger partial charge in [0, 0.05) is 30.9 Å². The van der Waals surface area contributed by atoms with Crippen molar-refractivity contribution in [3.63, 3.8) is 0 Å². The van der Waals surface area contributed by atoms with Crippen LogP contribution in [0.5, 0.6) is 0 Å². The Morgan fingerprint density at radius 1 is 1.25 bits per heavy atom. The van der Waals surface area contributed by atoms with Crippen LogP contribution in [0.1, 0.15) is 57.4 Å². The monoisotopic (exact) mass is 275 g/mol. The molecule has 1 fully saturated rings. The van der Waals surface area contributed by atoms with E-state index in [-0.39, 0.29) is 0 Å². The van der Waals surface area contributed by atoms with Crippen LogP contribution in [-0.2, 0) is 6.54 Å². The number of hydrogen-bond donors (Lipinski definition) is 1. The van der Waals surface area contributed by atoms with E-state index in [1.54, 1.807) is 0 Å². The fourth-order valence-electron chi connectivity index (χ4n) is 3.07. The van der Waals surface area contributed by atoms with E-state index >= 15 is 0 Å². The van der Waals surface area contributed by atoms with Crippen molar-refractivity contribution in [2.75, 3.05) is 18.9 Å². The lowest BCUT2D eigenvalue weighted by molar-refractivity contribution is 0.213. The molecule has 1 aliphatic rings. The number of aromatic nitrogens is 1. The fourth-order valence-corrected chi connectivity index (χ4v) is 3.07. The number of rotatable bonds is 6. The molecule has 0 aliphatic heterocycles. The first-order valence-electron chi connectivity index (χ1n) is 8.19. The highest BCUT2D eigenvalue weighted by molar-refractivity contribution is 5.43. The van der Waals surface area contributed by atoms with Crippen LogP contribution in [0.4, 0.5) is 5.82 Å². The molecule has 1 heterocycles. The molecule has 3 nitrogen and oxygen atoms in total. The molecular weight excluding hydrogens is 246 g/mol. The zero-order valence-electron chi connectivity index (χ0n) is 13.1. The molecule has 1 aromatic heterocycles. The van der Waals surface area contributed by atoms with Crippen molar-refractivity contribution in [2.45, 2.75) is 64.5 Å². The number of anilines is 1. The fraction of sp³-hybridized carbons (Fsp3) is 0.706. The Morgan fingerprint density at radius 2 is 2.00 bits per heavy atom. The van der Waals surface area contributed by atoms with Crippen LogP contribution in [-0.4, -0.2) is 29.5 Å². The maximum absolute atomic E-state index is 4.50. The normalized spacial score (nSPS) is 17.1. The Hall–Kier alpha value is -1.09. The minimum absolute atomic E-state index is 0.747. The molecular formula is C17H29N3. The zero-order valence-corrected chi connectivity index (χ0v) is 13.1. The minimum atomic E-state index is 0.747. The molecule has 112 valence electrons. The summed E-state index contributed by atoms with van der Waals surface area (Å²) in [5.74, 6) is 1.06. The van der Waals surface area contributed by atoms with Crippen LogP contribution in [0.3, 0.4) is 0 Å². The van der Waals surface area contributed by atoms with E-state index in [1.807, 2.05) is 12.3 Å². The molecule has 0 atom stereocenters. The Kier molecular flexibility index (Phi) is 6.31. The van der Waals surface area contributed by atoms with Crippen molar-refractivity contribution in [3.8, 4) is 0 Å². The molecule has 0 bridgehead atoms. The molecule has 0 unspecified atom stereocenters. The van der Waals surface area contributed by atoms with Crippen LogP contribution in [0.25, 0.3) is 0 Å². The van der Waals surface area contributed by atoms with Crippen molar-refractivity contribution in [1.29, 1.82) is 0 Å². The summed E-state index contributed by atoms with van der Waals surface area (Å²) in [5, 5.41) is 3.45. The summed E-state index contributed by atoms with van der Waals surface area (Å²) in [7, 11) is 2.27. The van der Waals surface area contributed by atoms with Gasteiger partial charge in [-0.15, -0.1) is 0 Å². The lowest BCUT2D eigenvalue weighted by Gasteiger charge is -2.27. The van der Waals surface area contributed by atoms with E-state index in [0.717, 1.165) is 31.4 Å². The van der Waals surface area contributed by atoms with Gasteiger partial charge < -0.3 is 5.32 Å². The van der Waals surface area contributed by atoms with Gasteiger partial charge in [0.1, 0.15) is 5.82 Å². The molecule has 3 heteroatoms. The highest BCUT2D eigenvalue weighted by Gasteiger charge is 2.18. The molecule has 0 radical (unpaired) electrons. The van der Waals surface area contributed by atoms with Gasteiger partial charge in [0.25, 0.3) is 0 Å². The largest absolute Gasteiger partial charge is 0.370 e. The third kappa shape index (κ3) is 4.48. The van der Waals surface area contributed by atoms with Crippen molar-refractivity contribution < 1.29 is 0 Å². The quantitative estimate of drug-likeness (QED) is 0.794. The van der Waals surface area contributed by atoms with Gasteiger partial charge in [-0.1, -0.05) is 38.7 Å². The van der Waals surface area contributed by atoms with E-state index < -0.39 is 0 Å². The third-order valence-corrected chi connectivity index (χ3v) is 4.30. The van der Waals surface area contributed by atoms with E-state index in [4.69, 9.17) is 0 Å². The SMILES string of the molecule is CCCNc1ncccc1CN(C)C1CCCCCC1. The summed E-state index contributed by atoms with van der Waals surface area (Å²) in [6.45, 7) is 4.19. The van der Waals surface area contributed by atoms with Crippen molar-refractivity contribution in [2.24, 2.45) is 0 Å². The Bertz CT molecular complexity index is 384. The molecule has 0 amide bonds. The molecule has 0 aromatic carbocycles. The Labute approximate surface area is 123 Å². The highest BCUT2D eigenvalue weighted by atomic mass is 15.1. The van der Waals surface area contributed by atoms with Gasteiger partial charge >= 0.3 is 0 Å². The average molecular weight is 275 g/mol. The van der Waals surface area contributed by atoms with Crippen LogP contribution < -0.4 is 5.32 Å². The predicted molar refractivity (Wildman–Crippen MR) is 86.0 cm³/mol. The second-order valence-corrected chi connectivity index (χ2v) is 6.00. The summed E-state index contributed by atoms with van der Waals surface area (Å²) < 4.78 is 0.